The molecule has 35 heavy (non-hydrogen) atoms. The highest BCUT2D eigenvalue weighted by Crippen LogP contribution is 2.44. The molecule has 0 saturated heterocycles. The molecule has 0 spiro atoms. The Morgan fingerprint density at radius 1 is 1.09 bits per heavy atom. The summed E-state index contributed by atoms with van der Waals surface area (Å²) in [6.45, 7) is -0.0426. The zero-order valence-corrected chi connectivity index (χ0v) is 19.4. The van der Waals surface area contributed by atoms with E-state index >= 15 is 0 Å². The second kappa shape index (κ2) is 10.4. The SMILES string of the molecule is COC[C@H](NC(=O)c1c(CNC(=O)OCC2c3ccccc3-c3ccccc32)cnn1C)C(=O)O. The zero-order chi connectivity index (χ0) is 24.9. The van der Waals surface area contributed by atoms with Crippen LogP contribution in [0.2, 0.25) is 0 Å². The van der Waals surface area contributed by atoms with Crippen molar-refractivity contribution in [1.29, 1.82) is 0 Å². The first kappa shape index (κ1) is 24.0. The highest BCUT2D eigenvalue weighted by Gasteiger charge is 2.29. The van der Waals surface area contributed by atoms with Gasteiger partial charge in [0.1, 0.15) is 12.3 Å². The molecule has 1 aliphatic rings. The number of methoxy groups -OCH3 is 1. The highest BCUT2D eigenvalue weighted by atomic mass is 16.5. The third-order valence-corrected chi connectivity index (χ3v) is 5.93. The van der Waals surface area contributed by atoms with Gasteiger partial charge in [0.25, 0.3) is 5.91 Å². The Labute approximate surface area is 201 Å². The molecule has 0 radical (unpaired) electrons. The quantitative estimate of drug-likeness (QED) is 0.430. The fourth-order valence-corrected chi connectivity index (χ4v) is 4.29. The molecule has 10 nitrogen and oxygen atoms in total. The number of nitrogens with one attached hydrogen (secondary N) is 2. The van der Waals surface area contributed by atoms with E-state index in [0.29, 0.717) is 5.56 Å². The molecule has 1 atom stereocenters. The van der Waals surface area contributed by atoms with Crippen LogP contribution in [-0.2, 0) is 27.9 Å². The first-order valence-corrected chi connectivity index (χ1v) is 11.0. The third kappa shape index (κ3) is 5.02. The number of ether oxygens (including phenoxy) is 2. The minimum absolute atomic E-state index is 0.0186. The number of rotatable bonds is 9. The Morgan fingerprint density at radius 2 is 1.71 bits per heavy atom. The Bertz CT molecular complexity index is 1210. The van der Waals surface area contributed by atoms with E-state index in [1.807, 2.05) is 36.4 Å². The van der Waals surface area contributed by atoms with E-state index in [2.05, 4.69) is 27.9 Å². The molecule has 1 aromatic heterocycles. The number of carbonyl (C=O) groups is 3. The second-order valence-electron chi connectivity index (χ2n) is 8.14. The van der Waals surface area contributed by atoms with Crippen molar-refractivity contribution in [3.05, 3.63) is 77.1 Å². The summed E-state index contributed by atoms with van der Waals surface area (Å²) in [6, 6.07) is 14.9. The lowest BCUT2D eigenvalue weighted by molar-refractivity contribution is -0.140. The maximum atomic E-state index is 12.7. The van der Waals surface area contributed by atoms with Gasteiger partial charge in [0.15, 0.2) is 6.04 Å². The number of hydrogen-bond donors (Lipinski definition) is 3. The maximum absolute atomic E-state index is 12.7. The molecule has 0 unspecified atom stereocenters. The number of carbonyl (C=O) groups excluding carboxylic acids is 2. The van der Waals surface area contributed by atoms with E-state index in [9.17, 15) is 19.5 Å². The van der Waals surface area contributed by atoms with Crippen LogP contribution in [0.3, 0.4) is 0 Å². The summed E-state index contributed by atoms with van der Waals surface area (Å²) in [7, 11) is 2.90. The van der Waals surface area contributed by atoms with Crippen molar-refractivity contribution in [3.8, 4) is 11.1 Å². The van der Waals surface area contributed by atoms with Gasteiger partial charge in [-0.1, -0.05) is 48.5 Å². The Morgan fingerprint density at radius 3 is 2.31 bits per heavy atom. The molecule has 2 aromatic carbocycles. The van der Waals surface area contributed by atoms with Gasteiger partial charge < -0.3 is 25.2 Å². The standard InChI is InChI=1S/C25H26N4O6/c1-29-22(23(30)28-21(14-34-2)24(31)32)15(12-27-29)11-26-25(33)35-13-20-18-9-5-3-7-16(18)17-8-4-6-10-19(17)20/h3-10,12,20-21H,11,13-14H2,1-2H3,(H,26,33)(H,28,30)(H,31,32)/t21-/m0/s1. The topological polar surface area (TPSA) is 132 Å². The molecule has 0 aliphatic heterocycles. The summed E-state index contributed by atoms with van der Waals surface area (Å²) in [4.78, 5) is 36.5. The minimum Gasteiger partial charge on any atom is -0.480 e. The van der Waals surface area contributed by atoms with Crippen molar-refractivity contribution in [2.45, 2.75) is 18.5 Å². The molecular weight excluding hydrogens is 452 g/mol. The van der Waals surface area contributed by atoms with Crippen LogP contribution >= 0.6 is 0 Å². The number of carboxylic acid groups (broad SMARTS) is 1. The van der Waals surface area contributed by atoms with Gasteiger partial charge in [0, 0.05) is 25.6 Å². The van der Waals surface area contributed by atoms with Crippen molar-refractivity contribution in [2.24, 2.45) is 7.05 Å². The van der Waals surface area contributed by atoms with Gasteiger partial charge in [-0.25, -0.2) is 9.59 Å². The molecular formula is C25H26N4O6. The zero-order valence-electron chi connectivity index (χ0n) is 19.4. The van der Waals surface area contributed by atoms with Crippen molar-refractivity contribution in [2.75, 3.05) is 20.3 Å². The lowest BCUT2D eigenvalue weighted by atomic mass is 9.98. The average molecular weight is 479 g/mol. The van der Waals surface area contributed by atoms with Crippen LogP contribution in [0.25, 0.3) is 11.1 Å². The summed E-state index contributed by atoms with van der Waals surface area (Å²) in [5, 5.41) is 18.4. The number of aromatic nitrogens is 2. The molecule has 10 heteroatoms. The van der Waals surface area contributed by atoms with Gasteiger partial charge in [-0.05, 0) is 22.3 Å². The second-order valence-corrected chi connectivity index (χ2v) is 8.14. The minimum atomic E-state index is -1.22. The van der Waals surface area contributed by atoms with Gasteiger partial charge in [0.05, 0.1) is 19.3 Å². The predicted molar refractivity (Wildman–Crippen MR) is 126 cm³/mol. The van der Waals surface area contributed by atoms with E-state index in [4.69, 9.17) is 9.47 Å². The van der Waals surface area contributed by atoms with E-state index in [-0.39, 0.29) is 31.4 Å². The first-order valence-electron chi connectivity index (χ1n) is 11.0. The summed E-state index contributed by atoms with van der Waals surface area (Å²) in [6.07, 6.45) is 0.801. The van der Waals surface area contributed by atoms with Gasteiger partial charge in [-0.3, -0.25) is 9.48 Å². The number of aryl methyl sites for hydroxylation is 1. The lowest BCUT2D eigenvalue weighted by Crippen LogP contribution is -2.44. The fourth-order valence-electron chi connectivity index (χ4n) is 4.29. The number of aliphatic carboxylic acids is 1. The van der Waals surface area contributed by atoms with E-state index in [1.165, 1.54) is 18.0 Å². The third-order valence-electron chi connectivity index (χ3n) is 5.93. The Kier molecular flexibility index (Phi) is 7.11. The number of hydrogen-bond acceptors (Lipinski definition) is 6. The average Bonchev–Trinajstić information content (AvgIpc) is 3.38. The van der Waals surface area contributed by atoms with Crippen LogP contribution in [0, 0.1) is 0 Å². The van der Waals surface area contributed by atoms with Gasteiger partial charge >= 0.3 is 12.1 Å². The number of alkyl carbamates (subject to hydrolysis) is 1. The lowest BCUT2D eigenvalue weighted by Gasteiger charge is -2.15. The van der Waals surface area contributed by atoms with Crippen molar-refractivity contribution >= 4 is 18.0 Å². The Balaban J connectivity index is 1.38. The Hall–Kier alpha value is -4.18. The summed E-state index contributed by atoms with van der Waals surface area (Å²) < 4.78 is 11.7. The van der Waals surface area contributed by atoms with Crippen molar-refractivity contribution in [1.82, 2.24) is 20.4 Å². The summed E-state index contributed by atoms with van der Waals surface area (Å²) in [5.74, 6) is -1.93. The first-order chi connectivity index (χ1) is 16.9. The molecule has 2 amide bonds. The van der Waals surface area contributed by atoms with Crippen LogP contribution in [0.4, 0.5) is 4.79 Å². The molecule has 1 aliphatic carbocycles. The van der Waals surface area contributed by atoms with E-state index in [0.717, 1.165) is 22.3 Å². The highest BCUT2D eigenvalue weighted by molar-refractivity contribution is 5.96. The summed E-state index contributed by atoms with van der Waals surface area (Å²) >= 11 is 0. The predicted octanol–water partition coefficient (Wildman–Crippen LogP) is 2.29. The van der Waals surface area contributed by atoms with Crippen LogP contribution in [0.1, 0.15) is 33.1 Å². The molecule has 0 saturated carbocycles. The molecule has 4 rings (SSSR count). The van der Waals surface area contributed by atoms with E-state index < -0.39 is 24.0 Å². The molecule has 0 bridgehead atoms. The maximum Gasteiger partial charge on any atom is 0.407 e. The van der Waals surface area contributed by atoms with Crippen LogP contribution < -0.4 is 10.6 Å². The molecule has 182 valence electrons. The number of benzene rings is 2. The monoisotopic (exact) mass is 478 g/mol. The van der Waals surface area contributed by atoms with Crippen molar-refractivity contribution < 1.29 is 29.0 Å². The normalized spacial score (nSPS) is 13.0. The van der Waals surface area contributed by atoms with Crippen molar-refractivity contribution in [3.63, 3.8) is 0 Å². The molecule has 0 fully saturated rings. The van der Waals surface area contributed by atoms with Crippen LogP contribution in [-0.4, -0.2) is 59.2 Å². The number of nitrogens with zero attached hydrogens (tertiary/aromatic N) is 2. The van der Waals surface area contributed by atoms with Gasteiger partial charge in [0.2, 0.25) is 0 Å². The van der Waals surface area contributed by atoms with Crippen LogP contribution in [0.5, 0.6) is 0 Å². The molecule has 3 N–H and O–H groups in total. The largest absolute Gasteiger partial charge is 0.480 e. The smallest absolute Gasteiger partial charge is 0.407 e. The van der Waals surface area contributed by atoms with Gasteiger partial charge in [-0.15, -0.1) is 0 Å². The van der Waals surface area contributed by atoms with E-state index in [1.54, 1.807) is 7.05 Å². The number of carboxylic acids is 1. The molecule has 3 aromatic rings. The van der Waals surface area contributed by atoms with Gasteiger partial charge in [-0.2, -0.15) is 5.10 Å². The number of fused-ring (bicyclic) bond motifs is 3. The number of amides is 2. The molecule has 1 heterocycles. The summed E-state index contributed by atoms with van der Waals surface area (Å²) in [5.41, 5.74) is 5.03. The van der Waals surface area contributed by atoms with Crippen LogP contribution in [0.15, 0.2) is 54.7 Å². The fraction of sp³-hybridized carbons (Fsp3) is 0.280.